The topological polar surface area (TPSA) is 88.2 Å². The van der Waals surface area contributed by atoms with E-state index in [1.807, 2.05) is 13.8 Å². The summed E-state index contributed by atoms with van der Waals surface area (Å²) in [5.41, 5.74) is 4.63. The Labute approximate surface area is 144 Å². The average Bonchev–Trinajstić information content (AvgIpc) is 2.41. The number of rotatable bonds is 6. The second-order valence-electron chi connectivity index (χ2n) is 4.74. The van der Waals surface area contributed by atoms with Crippen molar-refractivity contribution in [2.24, 2.45) is 16.6 Å². The maximum absolute atomic E-state index is 12.4. The largest absolute Gasteiger partial charge is 0.433 e. The van der Waals surface area contributed by atoms with Crippen molar-refractivity contribution in [1.29, 1.82) is 0 Å². The van der Waals surface area contributed by atoms with E-state index in [2.05, 4.69) is 25.6 Å². The van der Waals surface area contributed by atoms with E-state index < -0.39 is 11.9 Å². The Hall–Kier alpha value is -1.33. The summed E-state index contributed by atoms with van der Waals surface area (Å²) in [5, 5.41) is 5.52. The Morgan fingerprint density at radius 2 is 2.05 bits per heavy atom. The third-order valence-corrected chi connectivity index (χ3v) is 2.29. The fourth-order valence-corrected chi connectivity index (χ4v) is 1.30. The van der Waals surface area contributed by atoms with E-state index >= 15 is 0 Å². The van der Waals surface area contributed by atoms with Crippen LogP contribution in [0.5, 0.6) is 0 Å². The summed E-state index contributed by atoms with van der Waals surface area (Å²) in [7, 11) is 0. The van der Waals surface area contributed by atoms with Crippen molar-refractivity contribution in [2.75, 3.05) is 25.0 Å². The fraction of sp³-hybridized carbons (Fsp3) is 0.583. The Balaban J connectivity index is 0.00000441. The molecule has 0 spiro atoms. The van der Waals surface area contributed by atoms with Crippen molar-refractivity contribution < 1.29 is 13.2 Å². The second-order valence-corrected chi connectivity index (χ2v) is 4.74. The summed E-state index contributed by atoms with van der Waals surface area (Å²) in [5.74, 6) is 0.627. The number of hydrogen-bond acceptors (Lipinski definition) is 4. The average molecular weight is 432 g/mol. The summed E-state index contributed by atoms with van der Waals surface area (Å²) in [4.78, 5) is 11.2. The number of nitrogens with one attached hydrogen (secondary N) is 2. The molecule has 4 N–H and O–H groups in total. The molecular weight excluding hydrogens is 412 g/mol. The van der Waals surface area contributed by atoms with E-state index in [1.54, 1.807) is 0 Å². The van der Waals surface area contributed by atoms with Gasteiger partial charge in [0, 0.05) is 25.8 Å². The number of hydrogen-bond donors (Lipinski definition) is 3. The van der Waals surface area contributed by atoms with E-state index in [0.29, 0.717) is 31.5 Å². The van der Waals surface area contributed by atoms with Crippen LogP contribution < -0.4 is 16.4 Å². The Kier molecular flexibility index (Phi) is 9.06. The van der Waals surface area contributed by atoms with Crippen molar-refractivity contribution in [3.63, 3.8) is 0 Å². The maximum atomic E-state index is 12.4. The van der Waals surface area contributed by atoms with Crippen molar-refractivity contribution >= 4 is 35.9 Å². The molecule has 0 aliphatic carbocycles. The van der Waals surface area contributed by atoms with Crippen molar-refractivity contribution in [2.45, 2.75) is 20.0 Å². The molecule has 22 heavy (non-hydrogen) atoms. The number of anilines is 1. The molecule has 0 saturated carbocycles. The first-order valence-electron chi connectivity index (χ1n) is 6.47. The lowest BCUT2D eigenvalue weighted by atomic mass is 10.2. The molecular formula is C12H20F3IN6. The van der Waals surface area contributed by atoms with Gasteiger partial charge in [-0.1, -0.05) is 13.8 Å². The van der Waals surface area contributed by atoms with Crippen LogP contribution in [0.15, 0.2) is 17.3 Å². The lowest BCUT2D eigenvalue weighted by molar-refractivity contribution is -0.141. The zero-order valence-corrected chi connectivity index (χ0v) is 14.6. The van der Waals surface area contributed by atoms with Gasteiger partial charge in [-0.3, -0.25) is 4.99 Å². The maximum Gasteiger partial charge on any atom is 0.433 e. The fourth-order valence-electron chi connectivity index (χ4n) is 1.30. The third-order valence-electron chi connectivity index (χ3n) is 2.29. The van der Waals surface area contributed by atoms with Gasteiger partial charge in [0.1, 0.15) is 5.69 Å². The Morgan fingerprint density at radius 3 is 2.64 bits per heavy atom. The summed E-state index contributed by atoms with van der Waals surface area (Å²) in [6.07, 6.45) is -3.42. The molecule has 10 heteroatoms. The lowest BCUT2D eigenvalue weighted by Crippen LogP contribution is -2.35. The molecule has 6 nitrogen and oxygen atoms in total. The van der Waals surface area contributed by atoms with Gasteiger partial charge in [-0.05, 0) is 12.0 Å². The Morgan fingerprint density at radius 1 is 1.36 bits per heavy atom. The number of aromatic nitrogens is 2. The number of nitrogens with two attached hydrogens (primary N) is 1. The van der Waals surface area contributed by atoms with Gasteiger partial charge in [-0.2, -0.15) is 13.2 Å². The normalized spacial score (nSPS) is 12.0. The molecule has 0 aromatic carbocycles. The minimum Gasteiger partial charge on any atom is -0.370 e. The van der Waals surface area contributed by atoms with Crippen LogP contribution in [0.4, 0.5) is 19.1 Å². The predicted octanol–water partition coefficient (Wildman–Crippen LogP) is 2.09. The SMILES string of the molecule is CC(C)CN=C(N)NCCNc1nccc(C(F)(F)F)n1.I. The van der Waals surface area contributed by atoms with Crippen LogP contribution in [0.2, 0.25) is 0 Å². The molecule has 1 aromatic heterocycles. The van der Waals surface area contributed by atoms with Crippen LogP contribution in [0, 0.1) is 5.92 Å². The third kappa shape index (κ3) is 8.20. The summed E-state index contributed by atoms with van der Waals surface area (Å²) in [6, 6.07) is 0.819. The van der Waals surface area contributed by atoms with Crippen LogP contribution >= 0.6 is 24.0 Å². The molecule has 0 fully saturated rings. The minimum atomic E-state index is -4.48. The van der Waals surface area contributed by atoms with Crippen molar-refractivity contribution in [1.82, 2.24) is 15.3 Å². The molecule has 1 rings (SSSR count). The smallest absolute Gasteiger partial charge is 0.370 e. The summed E-state index contributed by atoms with van der Waals surface area (Å²) in [6.45, 7) is 5.36. The molecule has 0 amide bonds. The lowest BCUT2D eigenvalue weighted by Gasteiger charge is -2.09. The highest BCUT2D eigenvalue weighted by atomic mass is 127. The zero-order chi connectivity index (χ0) is 15.9. The molecule has 0 aliphatic rings. The van der Waals surface area contributed by atoms with Gasteiger partial charge in [0.15, 0.2) is 5.96 Å². The van der Waals surface area contributed by atoms with Crippen molar-refractivity contribution in [3.8, 4) is 0 Å². The van der Waals surface area contributed by atoms with E-state index in [0.717, 1.165) is 12.3 Å². The van der Waals surface area contributed by atoms with E-state index in [9.17, 15) is 13.2 Å². The molecule has 1 heterocycles. The highest BCUT2D eigenvalue weighted by Crippen LogP contribution is 2.27. The standard InChI is InChI=1S/C12H19F3N6.HI/c1-8(2)7-20-10(16)17-5-6-19-11-18-4-3-9(21-11)12(13,14)15;/h3-4,8H,5-7H2,1-2H3,(H3,16,17,20)(H,18,19,21);1H. The summed E-state index contributed by atoms with van der Waals surface area (Å²) < 4.78 is 37.3. The highest BCUT2D eigenvalue weighted by Gasteiger charge is 2.32. The Bertz CT molecular complexity index is 478. The molecule has 0 atom stereocenters. The van der Waals surface area contributed by atoms with Crippen LogP contribution in [0.3, 0.4) is 0 Å². The first-order valence-corrected chi connectivity index (χ1v) is 6.47. The van der Waals surface area contributed by atoms with Crippen LogP contribution in [0.1, 0.15) is 19.5 Å². The minimum absolute atomic E-state index is 0. The number of guanidine groups is 1. The van der Waals surface area contributed by atoms with Gasteiger partial charge in [0.25, 0.3) is 0 Å². The molecule has 0 radical (unpaired) electrons. The molecule has 0 unspecified atom stereocenters. The van der Waals surface area contributed by atoms with E-state index in [-0.39, 0.29) is 29.9 Å². The van der Waals surface area contributed by atoms with Gasteiger partial charge in [-0.15, -0.1) is 24.0 Å². The van der Waals surface area contributed by atoms with Crippen LogP contribution in [0.25, 0.3) is 0 Å². The number of aliphatic imine (C=N–C) groups is 1. The first-order chi connectivity index (χ1) is 9.79. The monoisotopic (exact) mass is 432 g/mol. The first kappa shape index (κ1) is 20.7. The van der Waals surface area contributed by atoms with Gasteiger partial charge in [-0.25, -0.2) is 9.97 Å². The highest BCUT2D eigenvalue weighted by molar-refractivity contribution is 14.0. The second kappa shape index (κ2) is 9.64. The van der Waals surface area contributed by atoms with Crippen molar-refractivity contribution in [3.05, 3.63) is 18.0 Å². The zero-order valence-electron chi connectivity index (χ0n) is 12.3. The number of halogens is 4. The molecule has 1 aromatic rings. The van der Waals surface area contributed by atoms with E-state index in [1.165, 1.54) is 0 Å². The predicted molar refractivity (Wildman–Crippen MR) is 90.3 cm³/mol. The summed E-state index contributed by atoms with van der Waals surface area (Å²) >= 11 is 0. The van der Waals surface area contributed by atoms with E-state index in [4.69, 9.17) is 5.73 Å². The number of alkyl halides is 3. The number of nitrogens with zero attached hydrogens (tertiary/aromatic N) is 3. The van der Waals surface area contributed by atoms with Gasteiger partial charge in [0.2, 0.25) is 5.95 Å². The molecule has 126 valence electrons. The molecule has 0 saturated heterocycles. The van der Waals surface area contributed by atoms with Gasteiger partial charge < -0.3 is 16.4 Å². The molecule has 0 aliphatic heterocycles. The van der Waals surface area contributed by atoms with Crippen LogP contribution in [-0.2, 0) is 6.18 Å². The molecule has 0 bridgehead atoms. The van der Waals surface area contributed by atoms with Gasteiger partial charge in [0.05, 0.1) is 0 Å². The quantitative estimate of drug-likeness (QED) is 0.277. The van der Waals surface area contributed by atoms with Gasteiger partial charge >= 0.3 is 6.18 Å². The van der Waals surface area contributed by atoms with Crippen LogP contribution in [-0.4, -0.2) is 35.6 Å².